The van der Waals surface area contributed by atoms with E-state index in [1.54, 1.807) is 0 Å². The first-order chi connectivity index (χ1) is 30.0. The number of ether oxygens (including phenoxy) is 6. The molecule has 7 N–H and O–H groups in total. The topological polar surface area (TPSA) is 231 Å². The van der Waals surface area contributed by atoms with Crippen LogP contribution in [0.25, 0.3) is 0 Å². The van der Waals surface area contributed by atoms with Crippen LogP contribution >= 0.6 is 0 Å². The summed E-state index contributed by atoms with van der Waals surface area (Å²) < 4.78 is 33.5. The number of carbonyl (C=O) groups excluding carboxylic acids is 2. The fourth-order valence-corrected chi connectivity index (χ4v) is 7.37. The van der Waals surface area contributed by atoms with E-state index in [1.807, 2.05) is 0 Å². The van der Waals surface area contributed by atoms with Gasteiger partial charge in [-0.25, -0.2) is 0 Å². The third-order valence-corrected chi connectivity index (χ3v) is 11.4. The Kier molecular flexibility index (Phi) is 31.9. The van der Waals surface area contributed by atoms with Crippen molar-refractivity contribution in [1.29, 1.82) is 0 Å². The number of aliphatic hydroxyl groups is 7. The van der Waals surface area contributed by atoms with Crippen LogP contribution in [0.3, 0.4) is 0 Å². The van der Waals surface area contributed by atoms with Crippen LogP contribution in [-0.4, -0.2) is 142 Å². The highest BCUT2D eigenvalue weighted by Crippen LogP contribution is 2.26. The minimum atomic E-state index is -1.76. The molecule has 0 aliphatic carbocycles. The van der Waals surface area contributed by atoms with Gasteiger partial charge in [-0.15, -0.1) is 0 Å². The maximum absolute atomic E-state index is 12.9. The summed E-state index contributed by atoms with van der Waals surface area (Å²) in [6.07, 6.45) is 16.4. The van der Waals surface area contributed by atoms with E-state index >= 15 is 0 Å². The van der Waals surface area contributed by atoms with Gasteiger partial charge in [-0.3, -0.25) is 9.59 Å². The lowest BCUT2D eigenvalue weighted by molar-refractivity contribution is -0.332. The molecule has 2 aliphatic heterocycles. The summed E-state index contributed by atoms with van der Waals surface area (Å²) in [6, 6.07) is 0. The van der Waals surface area contributed by atoms with Crippen LogP contribution in [0.5, 0.6) is 0 Å². The SMILES string of the molecule is CCCC/C=C/CCCCCCCC(=O)OC[C@H](CO[C@@H]1O[C@H](CO[C@@H]2O[C@H](CO)[C@H](O)C(O)C2O)[C@H](O)C(O)C1O)OC(=O)CCCCCCCCC/C=C/CCCCCC. The van der Waals surface area contributed by atoms with E-state index in [9.17, 15) is 45.3 Å². The number of esters is 2. The normalized spacial score (nSPS) is 27.2. The molecule has 0 aromatic carbocycles. The average molecular weight is 889 g/mol. The van der Waals surface area contributed by atoms with Crippen molar-refractivity contribution in [1.82, 2.24) is 0 Å². The van der Waals surface area contributed by atoms with Gasteiger partial charge in [0.2, 0.25) is 0 Å². The second-order valence-corrected chi connectivity index (χ2v) is 16.9. The molecule has 0 aromatic heterocycles. The van der Waals surface area contributed by atoms with Gasteiger partial charge in [0.1, 0.15) is 55.4 Å². The first-order valence-corrected chi connectivity index (χ1v) is 23.9. The van der Waals surface area contributed by atoms with Crippen LogP contribution in [0.4, 0.5) is 0 Å². The third kappa shape index (κ3) is 23.8. The smallest absolute Gasteiger partial charge is 0.306 e. The number of carbonyl (C=O) groups is 2. The standard InChI is InChI=1S/C47H84O15/c1-3-5-7-9-11-13-15-16-17-18-20-22-24-26-28-30-39(50)60-35(32-57-38(49)29-27-25-23-21-19-14-12-10-8-6-4-2)33-58-46-45(56)43(54)41(52)37(62-46)34-59-47-44(55)42(53)40(51)36(31-48)61-47/h10,12-13,15,35-37,40-48,51-56H,3-9,11,14,16-34H2,1-2H3/b12-10+,15-13+/t35-,36-,37-,40+,41+,42?,43?,44?,45?,46-,47-/m1/s1. The summed E-state index contributed by atoms with van der Waals surface area (Å²) in [5.41, 5.74) is 0. The van der Waals surface area contributed by atoms with Gasteiger partial charge in [0.25, 0.3) is 0 Å². The molecule has 0 bridgehead atoms. The van der Waals surface area contributed by atoms with E-state index in [1.165, 1.54) is 57.8 Å². The largest absolute Gasteiger partial charge is 0.462 e. The van der Waals surface area contributed by atoms with E-state index < -0.39 is 92.7 Å². The van der Waals surface area contributed by atoms with E-state index in [0.29, 0.717) is 12.8 Å². The van der Waals surface area contributed by atoms with Crippen LogP contribution in [0, 0.1) is 0 Å². The molecular weight excluding hydrogens is 805 g/mol. The molecule has 11 atom stereocenters. The highest BCUT2D eigenvalue weighted by molar-refractivity contribution is 5.70. The summed E-state index contributed by atoms with van der Waals surface area (Å²) >= 11 is 0. The Morgan fingerprint density at radius 1 is 0.500 bits per heavy atom. The van der Waals surface area contributed by atoms with Crippen molar-refractivity contribution in [2.24, 2.45) is 0 Å². The highest BCUT2D eigenvalue weighted by Gasteiger charge is 2.47. The molecule has 4 unspecified atom stereocenters. The van der Waals surface area contributed by atoms with Crippen LogP contribution in [0.2, 0.25) is 0 Å². The van der Waals surface area contributed by atoms with Gasteiger partial charge in [0.15, 0.2) is 18.7 Å². The second kappa shape index (κ2) is 35.3. The molecule has 0 saturated carbocycles. The molecule has 2 rings (SSSR count). The number of allylic oxidation sites excluding steroid dienone is 4. The zero-order chi connectivity index (χ0) is 45.4. The number of rotatable bonds is 36. The van der Waals surface area contributed by atoms with Gasteiger partial charge in [-0.05, 0) is 57.8 Å². The Hall–Kier alpha value is -2.02. The maximum atomic E-state index is 12.9. The van der Waals surface area contributed by atoms with Crippen molar-refractivity contribution in [3.63, 3.8) is 0 Å². The molecule has 62 heavy (non-hydrogen) atoms. The Morgan fingerprint density at radius 2 is 0.935 bits per heavy atom. The predicted molar refractivity (Wildman–Crippen MR) is 234 cm³/mol. The number of hydrogen-bond donors (Lipinski definition) is 7. The zero-order valence-electron chi connectivity index (χ0n) is 37.9. The van der Waals surface area contributed by atoms with E-state index in [0.717, 1.165) is 70.6 Å². The van der Waals surface area contributed by atoms with Crippen molar-refractivity contribution >= 4 is 11.9 Å². The maximum Gasteiger partial charge on any atom is 0.306 e. The molecule has 2 aliphatic rings. The lowest BCUT2D eigenvalue weighted by Gasteiger charge is -2.42. The summed E-state index contributed by atoms with van der Waals surface area (Å²) in [5.74, 6) is -0.941. The Balaban J connectivity index is 1.84. The van der Waals surface area contributed by atoms with Gasteiger partial charge in [-0.2, -0.15) is 0 Å². The minimum absolute atomic E-state index is 0.160. The van der Waals surface area contributed by atoms with E-state index in [2.05, 4.69) is 38.2 Å². The zero-order valence-corrected chi connectivity index (χ0v) is 37.9. The predicted octanol–water partition coefficient (Wildman–Crippen LogP) is 5.60. The van der Waals surface area contributed by atoms with Crippen molar-refractivity contribution < 1.29 is 73.8 Å². The van der Waals surface area contributed by atoms with Crippen LogP contribution in [-0.2, 0) is 38.0 Å². The van der Waals surface area contributed by atoms with Gasteiger partial charge in [0.05, 0.1) is 19.8 Å². The summed E-state index contributed by atoms with van der Waals surface area (Å²) in [4.78, 5) is 25.6. The molecule has 15 heteroatoms. The van der Waals surface area contributed by atoms with Gasteiger partial charge in [-0.1, -0.05) is 122 Å². The summed E-state index contributed by atoms with van der Waals surface area (Å²) in [5, 5.41) is 71.9. The van der Waals surface area contributed by atoms with Crippen LogP contribution in [0.15, 0.2) is 24.3 Å². The fraction of sp³-hybridized carbons (Fsp3) is 0.872. The molecule has 362 valence electrons. The third-order valence-electron chi connectivity index (χ3n) is 11.4. The van der Waals surface area contributed by atoms with Crippen molar-refractivity contribution in [2.45, 2.75) is 235 Å². The number of hydrogen-bond acceptors (Lipinski definition) is 15. The molecule has 2 saturated heterocycles. The molecule has 2 fully saturated rings. The lowest BCUT2D eigenvalue weighted by atomic mass is 9.98. The van der Waals surface area contributed by atoms with Crippen molar-refractivity contribution in [3.8, 4) is 0 Å². The summed E-state index contributed by atoms with van der Waals surface area (Å²) in [6.45, 7) is 2.51. The molecule has 0 radical (unpaired) electrons. The van der Waals surface area contributed by atoms with E-state index in [4.69, 9.17) is 28.4 Å². The molecular formula is C47H84O15. The van der Waals surface area contributed by atoms with Crippen LogP contribution in [0.1, 0.15) is 168 Å². The Labute approximate surface area is 371 Å². The molecule has 2 heterocycles. The molecule has 0 amide bonds. The van der Waals surface area contributed by atoms with Crippen molar-refractivity contribution in [3.05, 3.63) is 24.3 Å². The lowest BCUT2D eigenvalue weighted by Crippen LogP contribution is -2.61. The number of aliphatic hydroxyl groups excluding tert-OH is 7. The Morgan fingerprint density at radius 3 is 1.47 bits per heavy atom. The van der Waals surface area contributed by atoms with Crippen molar-refractivity contribution in [2.75, 3.05) is 26.4 Å². The van der Waals surface area contributed by atoms with Crippen LogP contribution < -0.4 is 0 Å². The minimum Gasteiger partial charge on any atom is -0.462 e. The molecule has 0 spiro atoms. The highest BCUT2D eigenvalue weighted by atomic mass is 16.7. The second-order valence-electron chi connectivity index (χ2n) is 16.9. The first-order valence-electron chi connectivity index (χ1n) is 23.9. The first kappa shape index (κ1) is 56.1. The van der Waals surface area contributed by atoms with Gasteiger partial charge >= 0.3 is 11.9 Å². The number of unbranched alkanes of at least 4 members (excludes halogenated alkanes) is 18. The molecule has 0 aromatic rings. The van der Waals surface area contributed by atoms with Gasteiger partial charge in [0, 0.05) is 12.8 Å². The Bertz CT molecular complexity index is 1180. The summed E-state index contributed by atoms with van der Waals surface area (Å²) in [7, 11) is 0. The molecule has 15 nitrogen and oxygen atoms in total. The average Bonchev–Trinajstić information content (AvgIpc) is 3.26. The quantitative estimate of drug-likeness (QED) is 0.0231. The fourth-order valence-electron chi connectivity index (χ4n) is 7.37. The van der Waals surface area contributed by atoms with E-state index in [-0.39, 0.29) is 26.1 Å². The monoisotopic (exact) mass is 889 g/mol. The van der Waals surface area contributed by atoms with Gasteiger partial charge < -0.3 is 64.2 Å².